The molecule has 0 aromatic carbocycles. The molecule has 0 spiro atoms. The van der Waals surface area contributed by atoms with Gasteiger partial charge < -0.3 is 9.05 Å². The number of hydrogen-bond acceptors (Lipinski definition) is 6. The number of rotatable bonds is 3. The van der Waals surface area contributed by atoms with Crippen LogP contribution in [-0.4, -0.2) is 15.3 Å². The van der Waals surface area contributed by atoms with Gasteiger partial charge in [0.15, 0.2) is 0 Å². The minimum absolute atomic E-state index is 0. The molecule has 31 heavy (non-hydrogen) atoms. The van der Waals surface area contributed by atoms with Crippen LogP contribution < -0.4 is 0 Å². The Hall–Kier alpha value is -1.95. The van der Waals surface area contributed by atoms with Gasteiger partial charge in [0.2, 0.25) is 0 Å². The van der Waals surface area contributed by atoms with Crippen LogP contribution in [0.2, 0.25) is 0 Å². The molecule has 3 rings (SSSR count). The van der Waals surface area contributed by atoms with E-state index in [0.717, 1.165) is 22.9 Å². The van der Waals surface area contributed by atoms with E-state index in [9.17, 15) is 0 Å². The molecule has 5 nitrogen and oxygen atoms in total. The molecule has 0 aliphatic carbocycles. The first-order chi connectivity index (χ1) is 13.6. The van der Waals surface area contributed by atoms with Crippen molar-refractivity contribution in [1.29, 1.82) is 0 Å². The molecule has 0 fully saturated rings. The van der Waals surface area contributed by atoms with Gasteiger partial charge in [-0.25, -0.2) is 4.98 Å². The minimum Gasteiger partial charge on any atom is -0.361 e. The van der Waals surface area contributed by atoms with E-state index in [4.69, 9.17) is 9.05 Å². The van der Waals surface area contributed by atoms with Crippen LogP contribution in [0.1, 0.15) is 121 Å². The summed E-state index contributed by atoms with van der Waals surface area (Å²) in [7, 11) is 0. The first kappa shape index (κ1) is 33.7. The zero-order valence-electron chi connectivity index (χ0n) is 20.0. The van der Waals surface area contributed by atoms with E-state index in [-0.39, 0.29) is 14.9 Å². The van der Waals surface area contributed by atoms with Crippen LogP contribution >= 0.6 is 11.3 Å². The van der Waals surface area contributed by atoms with Crippen LogP contribution in [0.4, 0.5) is 0 Å². The Labute approximate surface area is 195 Å². The van der Waals surface area contributed by atoms with Crippen LogP contribution in [0.15, 0.2) is 26.7 Å². The van der Waals surface area contributed by atoms with Crippen molar-refractivity contribution in [3.8, 4) is 0 Å². The smallest absolute Gasteiger partial charge is 0.139 e. The lowest BCUT2D eigenvalue weighted by Crippen LogP contribution is -1.89. The molecule has 0 aliphatic heterocycles. The normalized spacial score (nSPS) is 9.48. The summed E-state index contributed by atoms with van der Waals surface area (Å²) in [4.78, 5) is 4.13. The lowest BCUT2D eigenvalue weighted by Gasteiger charge is -2.00. The average molecular weight is 454 g/mol. The highest BCUT2D eigenvalue weighted by Gasteiger charge is 2.11. The molecule has 0 N–H and O–H groups in total. The maximum Gasteiger partial charge on any atom is 0.139 e. The van der Waals surface area contributed by atoms with Gasteiger partial charge in [0.05, 0.1) is 16.4 Å². The number of nitrogens with zero attached hydrogens (tertiary/aromatic N) is 3. The van der Waals surface area contributed by atoms with Gasteiger partial charge in [-0.05, 0) is 26.7 Å². The summed E-state index contributed by atoms with van der Waals surface area (Å²) in [5.41, 5.74) is 3.23. The Kier molecular flexibility index (Phi) is 19.2. The number of thiazole rings is 1. The van der Waals surface area contributed by atoms with Gasteiger partial charge in [-0.3, -0.25) is 0 Å². The second kappa shape index (κ2) is 17.7. The third kappa shape index (κ3) is 12.5. The zero-order valence-corrected chi connectivity index (χ0v) is 20.8. The molecule has 3 aromatic heterocycles. The van der Waals surface area contributed by atoms with Gasteiger partial charge in [0, 0.05) is 35.0 Å². The summed E-state index contributed by atoms with van der Waals surface area (Å²) in [5, 5.41) is 10.9. The SMILES string of the molecule is C.C.CC.CC(C)c1nccs1.Cc1cc(C(C)C)on1.Cc1noc(C)c1C(C)C. The van der Waals surface area contributed by atoms with E-state index in [1.807, 2.05) is 52.3 Å². The first-order valence-corrected chi connectivity index (χ1v) is 11.3. The van der Waals surface area contributed by atoms with E-state index in [1.54, 1.807) is 11.3 Å². The minimum atomic E-state index is 0. The van der Waals surface area contributed by atoms with Crippen LogP contribution in [0.3, 0.4) is 0 Å². The summed E-state index contributed by atoms with van der Waals surface area (Å²) in [5.74, 6) is 3.48. The average Bonchev–Trinajstić information content (AvgIpc) is 3.39. The molecule has 0 radical (unpaired) electrons. The second-order valence-corrected chi connectivity index (χ2v) is 8.37. The molecule has 0 atom stereocenters. The van der Waals surface area contributed by atoms with Crippen LogP contribution in [0.25, 0.3) is 0 Å². The van der Waals surface area contributed by atoms with Crippen molar-refractivity contribution >= 4 is 11.3 Å². The largest absolute Gasteiger partial charge is 0.361 e. The fourth-order valence-corrected chi connectivity index (χ4v) is 3.14. The van der Waals surface area contributed by atoms with Crippen molar-refractivity contribution < 1.29 is 9.05 Å². The van der Waals surface area contributed by atoms with Crippen LogP contribution in [0, 0.1) is 20.8 Å². The second-order valence-electron chi connectivity index (χ2n) is 7.44. The predicted octanol–water partition coefficient (Wildman–Crippen LogP) is 9.09. The summed E-state index contributed by atoms with van der Waals surface area (Å²) < 4.78 is 9.98. The molecule has 3 heterocycles. The van der Waals surface area contributed by atoms with Gasteiger partial charge in [0.1, 0.15) is 11.5 Å². The summed E-state index contributed by atoms with van der Waals surface area (Å²) in [6, 6.07) is 1.96. The van der Waals surface area contributed by atoms with Gasteiger partial charge in [0.25, 0.3) is 0 Å². The maximum absolute atomic E-state index is 5.01. The van der Waals surface area contributed by atoms with E-state index >= 15 is 0 Å². The van der Waals surface area contributed by atoms with Gasteiger partial charge in [-0.15, -0.1) is 11.3 Å². The summed E-state index contributed by atoms with van der Waals surface area (Å²) in [6.45, 7) is 22.6. The fraction of sp³-hybridized carbons (Fsp3) is 0.640. The highest BCUT2D eigenvalue weighted by Crippen LogP contribution is 2.21. The molecule has 0 saturated carbocycles. The van der Waals surface area contributed by atoms with Crippen molar-refractivity contribution in [1.82, 2.24) is 15.3 Å². The van der Waals surface area contributed by atoms with Crippen molar-refractivity contribution in [2.24, 2.45) is 0 Å². The van der Waals surface area contributed by atoms with Gasteiger partial charge in [-0.1, -0.05) is 80.6 Å². The van der Waals surface area contributed by atoms with Gasteiger partial charge >= 0.3 is 0 Å². The summed E-state index contributed by atoms with van der Waals surface area (Å²) >= 11 is 1.72. The third-order valence-corrected chi connectivity index (χ3v) is 4.90. The van der Waals surface area contributed by atoms with Crippen LogP contribution in [0.5, 0.6) is 0 Å². The van der Waals surface area contributed by atoms with Crippen molar-refractivity contribution in [2.45, 2.75) is 109 Å². The molecule has 0 unspecified atom stereocenters. The van der Waals surface area contributed by atoms with E-state index in [0.29, 0.717) is 17.8 Å². The highest BCUT2D eigenvalue weighted by atomic mass is 32.1. The topological polar surface area (TPSA) is 65.0 Å². The Morgan fingerprint density at radius 3 is 1.58 bits per heavy atom. The molecule has 0 bridgehead atoms. The first-order valence-electron chi connectivity index (χ1n) is 10.4. The lowest BCUT2D eigenvalue weighted by molar-refractivity contribution is 0.368. The van der Waals surface area contributed by atoms with Crippen molar-refractivity contribution in [3.63, 3.8) is 0 Å². The molecule has 0 aliphatic rings. The quantitative estimate of drug-likeness (QED) is 0.395. The third-order valence-electron chi connectivity index (χ3n) is 3.83. The molecule has 6 heteroatoms. The fourth-order valence-electron chi connectivity index (χ4n) is 2.49. The highest BCUT2D eigenvalue weighted by molar-refractivity contribution is 7.09. The molecule has 3 aromatic rings. The summed E-state index contributed by atoms with van der Waals surface area (Å²) in [6.07, 6.45) is 1.85. The number of aryl methyl sites for hydroxylation is 3. The standard InChI is InChI=1S/C8H13NO.C7H11NO.C6H9NS.C2H6.2CH4/c1-5(2)8-6(3)9-10-7(8)4;1-5(2)7-4-6(3)8-9-7;1-5(2)6-7-3-4-8-6;1-2;;/h5H,1-4H3;4-5H,1-3H3;3-5H,1-2H3;1-2H3;2*1H4. The Balaban J connectivity index is -0.000000355. The van der Waals surface area contributed by atoms with Gasteiger partial charge in [-0.2, -0.15) is 0 Å². The van der Waals surface area contributed by atoms with E-state index < -0.39 is 0 Å². The molecule has 0 amide bonds. The Bertz CT molecular complexity index is 753. The van der Waals surface area contributed by atoms with Crippen molar-refractivity contribution in [3.05, 3.63) is 51.1 Å². The monoisotopic (exact) mass is 453 g/mol. The Morgan fingerprint density at radius 2 is 1.39 bits per heavy atom. The van der Waals surface area contributed by atoms with E-state index in [1.165, 1.54) is 10.6 Å². The predicted molar refractivity (Wildman–Crippen MR) is 136 cm³/mol. The molecular weight excluding hydrogens is 406 g/mol. The molecule has 180 valence electrons. The van der Waals surface area contributed by atoms with Crippen molar-refractivity contribution in [2.75, 3.05) is 0 Å². The zero-order chi connectivity index (χ0) is 22.6. The van der Waals surface area contributed by atoms with Crippen LogP contribution in [-0.2, 0) is 0 Å². The Morgan fingerprint density at radius 1 is 0.806 bits per heavy atom. The molecule has 0 saturated heterocycles. The lowest BCUT2D eigenvalue weighted by atomic mass is 10.0. The van der Waals surface area contributed by atoms with E-state index in [2.05, 4.69) is 56.8 Å². The molecular formula is C25H47N3O2S. The number of hydrogen-bond donors (Lipinski definition) is 0. The maximum atomic E-state index is 5.01. The number of aromatic nitrogens is 3.